The van der Waals surface area contributed by atoms with E-state index in [4.69, 9.17) is 21.3 Å². The van der Waals surface area contributed by atoms with Gasteiger partial charge in [0.1, 0.15) is 18.0 Å². The van der Waals surface area contributed by atoms with E-state index in [1.54, 1.807) is 0 Å². The van der Waals surface area contributed by atoms with Crippen LogP contribution in [-0.4, -0.2) is 9.38 Å². The van der Waals surface area contributed by atoms with Crippen molar-refractivity contribution in [2.24, 2.45) is 0 Å². The van der Waals surface area contributed by atoms with Gasteiger partial charge >= 0.3 is 0 Å². The number of aryl methyl sites for hydroxylation is 2. The number of benzene rings is 2. The highest BCUT2D eigenvalue weighted by Gasteiger charge is 2.08. The Bertz CT molecular complexity index is 1070. The Kier molecular flexibility index (Phi) is 4.39. The van der Waals surface area contributed by atoms with Crippen LogP contribution < -0.4 is 4.74 Å². The first-order valence-electron chi connectivity index (χ1n) is 8.53. The highest BCUT2D eigenvalue weighted by molar-refractivity contribution is 6.30. The van der Waals surface area contributed by atoms with Gasteiger partial charge in [0.25, 0.3) is 0 Å². The van der Waals surface area contributed by atoms with Crippen LogP contribution in [-0.2, 0) is 6.61 Å². The quantitative estimate of drug-likeness (QED) is 0.455. The van der Waals surface area contributed by atoms with E-state index >= 15 is 0 Å². The van der Waals surface area contributed by atoms with Gasteiger partial charge in [0.2, 0.25) is 0 Å². The monoisotopic (exact) mass is 362 g/mol. The number of ether oxygens (including phenoxy) is 1. The molecule has 0 amide bonds. The minimum atomic E-state index is 0.519. The molecule has 26 heavy (non-hydrogen) atoms. The summed E-state index contributed by atoms with van der Waals surface area (Å²) in [5, 5.41) is 0.733. The topological polar surface area (TPSA) is 26.5 Å². The second kappa shape index (κ2) is 6.85. The number of rotatable bonds is 4. The fourth-order valence-electron chi connectivity index (χ4n) is 3.01. The normalized spacial score (nSPS) is 11.0. The third-order valence-electron chi connectivity index (χ3n) is 4.46. The molecule has 0 N–H and O–H groups in total. The number of aromatic nitrogens is 2. The largest absolute Gasteiger partial charge is 0.489 e. The van der Waals surface area contributed by atoms with E-state index < -0.39 is 0 Å². The Morgan fingerprint density at radius 2 is 1.81 bits per heavy atom. The Balaban J connectivity index is 1.56. The molecule has 4 aromatic rings. The molecule has 0 saturated heterocycles. The number of halogens is 1. The second-order valence-corrected chi connectivity index (χ2v) is 6.88. The minimum absolute atomic E-state index is 0.519. The number of hydrogen-bond donors (Lipinski definition) is 0. The third-order valence-corrected chi connectivity index (χ3v) is 4.71. The molecule has 3 nitrogen and oxygen atoms in total. The molecule has 0 unspecified atom stereocenters. The van der Waals surface area contributed by atoms with Crippen molar-refractivity contribution in [3.8, 4) is 17.0 Å². The molecular formula is C22H19ClN2O. The van der Waals surface area contributed by atoms with Crippen LogP contribution in [0.5, 0.6) is 5.75 Å². The van der Waals surface area contributed by atoms with Crippen LogP contribution in [0.3, 0.4) is 0 Å². The van der Waals surface area contributed by atoms with E-state index in [1.807, 2.05) is 42.6 Å². The van der Waals surface area contributed by atoms with Crippen molar-refractivity contribution in [3.63, 3.8) is 0 Å². The summed E-state index contributed by atoms with van der Waals surface area (Å²) < 4.78 is 8.02. The molecule has 4 heteroatoms. The lowest BCUT2D eigenvalue weighted by atomic mass is 10.1. The highest BCUT2D eigenvalue weighted by Crippen LogP contribution is 2.27. The Labute approximate surface area is 157 Å². The van der Waals surface area contributed by atoms with Crippen LogP contribution in [0.15, 0.2) is 67.0 Å². The molecule has 2 heterocycles. The number of fused-ring (bicyclic) bond motifs is 1. The summed E-state index contributed by atoms with van der Waals surface area (Å²) in [6, 6.07) is 18.0. The average Bonchev–Trinajstić information content (AvgIpc) is 3.08. The summed E-state index contributed by atoms with van der Waals surface area (Å²) in [7, 11) is 0. The van der Waals surface area contributed by atoms with Crippen LogP contribution in [0.25, 0.3) is 16.9 Å². The molecule has 0 aliphatic carbocycles. The third kappa shape index (κ3) is 3.31. The van der Waals surface area contributed by atoms with E-state index in [0.717, 1.165) is 38.8 Å². The minimum Gasteiger partial charge on any atom is -0.489 e. The van der Waals surface area contributed by atoms with Crippen molar-refractivity contribution < 1.29 is 4.74 Å². The first-order valence-corrected chi connectivity index (χ1v) is 8.90. The molecule has 0 atom stereocenters. The van der Waals surface area contributed by atoms with Gasteiger partial charge < -0.3 is 9.14 Å². The molecule has 0 aliphatic heterocycles. The average molecular weight is 363 g/mol. The van der Waals surface area contributed by atoms with Crippen molar-refractivity contribution in [1.29, 1.82) is 0 Å². The highest BCUT2D eigenvalue weighted by atomic mass is 35.5. The lowest BCUT2D eigenvalue weighted by Crippen LogP contribution is -1.97. The fourth-order valence-corrected chi connectivity index (χ4v) is 3.13. The van der Waals surface area contributed by atoms with Crippen molar-refractivity contribution >= 4 is 17.2 Å². The first-order chi connectivity index (χ1) is 12.6. The van der Waals surface area contributed by atoms with E-state index in [1.165, 1.54) is 5.56 Å². The maximum Gasteiger partial charge on any atom is 0.140 e. The molecule has 0 saturated carbocycles. The van der Waals surface area contributed by atoms with Crippen molar-refractivity contribution in [3.05, 3.63) is 88.7 Å². The molecule has 0 fully saturated rings. The van der Waals surface area contributed by atoms with Gasteiger partial charge in [0.05, 0.1) is 5.69 Å². The summed E-state index contributed by atoms with van der Waals surface area (Å²) in [4.78, 5) is 4.76. The smallest absolute Gasteiger partial charge is 0.140 e. The molecule has 2 aromatic carbocycles. The molecule has 0 radical (unpaired) electrons. The molecule has 0 bridgehead atoms. The standard InChI is InChI=1S/C22H19ClN2O/c1-15-4-3-11-25-13-20(24-22(15)25)18-7-10-21(16(2)12-18)26-14-17-5-8-19(23)9-6-17/h3-13H,14H2,1-2H3. The van der Waals surface area contributed by atoms with Gasteiger partial charge in [-0.05, 0) is 66.9 Å². The molecule has 0 spiro atoms. The van der Waals surface area contributed by atoms with Crippen LogP contribution in [0.1, 0.15) is 16.7 Å². The predicted octanol–water partition coefficient (Wildman–Crippen LogP) is 5.85. The zero-order valence-corrected chi connectivity index (χ0v) is 15.5. The van der Waals surface area contributed by atoms with Gasteiger partial charge in [0, 0.05) is 23.0 Å². The Morgan fingerprint density at radius 1 is 1.00 bits per heavy atom. The summed E-state index contributed by atoms with van der Waals surface area (Å²) in [6.45, 7) is 4.65. The number of hydrogen-bond acceptors (Lipinski definition) is 2. The Morgan fingerprint density at radius 3 is 2.54 bits per heavy atom. The number of nitrogens with zero attached hydrogens (tertiary/aromatic N) is 2. The van der Waals surface area contributed by atoms with Gasteiger partial charge in [-0.2, -0.15) is 0 Å². The zero-order chi connectivity index (χ0) is 18.1. The van der Waals surface area contributed by atoms with E-state index in [2.05, 4.69) is 42.6 Å². The summed E-state index contributed by atoms with van der Waals surface area (Å²) in [6.07, 6.45) is 4.08. The molecular weight excluding hydrogens is 344 g/mol. The summed E-state index contributed by atoms with van der Waals surface area (Å²) in [5.74, 6) is 0.878. The lowest BCUT2D eigenvalue weighted by molar-refractivity contribution is 0.304. The Hall–Kier alpha value is -2.78. The first kappa shape index (κ1) is 16.7. The van der Waals surface area contributed by atoms with E-state index in [0.29, 0.717) is 6.61 Å². The van der Waals surface area contributed by atoms with Crippen molar-refractivity contribution in [1.82, 2.24) is 9.38 Å². The van der Waals surface area contributed by atoms with Crippen LogP contribution in [0.4, 0.5) is 0 Å². The SMILES string of the molecule is Cc1cc(-c2cn3cccc(C)c3n2)ccc1OCc1ccc(Cl)cc1. The van der Waals surface area contributed by atoms with Crippen LogP contribution in [0.2, 0.25) is 5.02 Å². The predicted molar refractivity (Wildman–Crippen MR) is 106 cm³/mol. The van der Waals surface area contributed by atoms with E-state index in [-0.39, 0.29) is 0 Å². The van der Waals surface area contributed by atoms with Gasteiger partial charge in [0.15, 0.2) is 0 Å². The maximum absolute atomic E-state index is 5.96. The second-order valence-electron chi connectivity index (χ2n) is 6.44. The summed E-state index contributed by atoms with van der Waals surface area (Å²) >= 11 is 5.92. The van der Waals surface area contributed by atoms with E-state index in [9.17, 15) is 0 Å². The van der Waals surface area contributed by atoms with Gasteiger partial charge in [-0.25, -0.2) is 4.98 Å². The molecule has 130 valence electrons. The van der Waals surface area contributed by atoms with Gasteiger partial charge in [-0.3, -0.25) is 0 Å². The molecule has 0 aliphatic rings. The zero-order valence-electron chi connectivity index (χ0n) is 14.7. The number of imidazole rings is 1. The number of pyridine rings is 1. The van der Waals surface area contributed by atoms with Crippen LogP contribution in [0, 0.1) is 13.8 Å². The van der Waals surface area contributed by atoms with Gasteiger partial charge in [-0.15, -0.1) is 0 Å². The fraction of sp³-hybridized carbons (Fsp3) is 0.136. The van der Waals surface area contributed by atoms with Gasteiger partial charge in [-0.1, -0.05) is 29.8 Å². The molecule has 4 rings (SSSR count). The van der Waals surface area contributed by atoms with Crippen molar-refractivity contribution in [2.45, 2.75) is 20.5 Å². The maximum atomic E-state index is 5.96. The van der Waals surface area contributed by atoms with Crippen molar-refractivity contribution in [2.75, 3.05) is 0 Å². The summed E-state index contributed by atoms with van der Waals surface area (Å²) in [5.41, 5.74) is 6.39. The lowest BCUT2D eigenvalue weighted by Gasteiger charge is -2.10. The van der Waals surface area contributed by atoms with Crippen LogP contribution >= 0.6 is 11.6 Å². The molecule has 2 aromatic heterocycles.